The highest BCUT2D eigenvalue weighted by molar-refractivity contribution is 6.05. The molecule has 0 fully saturated rings. The molecule has 5 aromatic rings. The molecule has 5 rings (SSSR count). The molecule has 1 amide bonds. The fourth-order valence-electron chi connectivity index (χ4n) is 4.65. The minimum absolute atomic E-state index is 0.0540. The first-order valence-electron chi connectivity index (χ1n) is 15.3. The van der Waals surface area contributed by atoms with Gasteiger partial charge in [-0.2, -0.15) is 0 Å². The molecular weight excluding hydrogens is 582 g/mol. The van der Waals surface area contributed by atoms with E-state index in [1.165, 1.54) is 12.1 Å². The van der Waals surface area contributed by atoms with Crippen LogP contribution in [0, 0.1) is 5.41 Å². The number of carbonyl (C=O) groups is 2. The highest BCUT2D eigenvalue weighted by Gasteiger charge is 2.27. The Morgan fingerprint density at radius 3 is 2.02 bits per heavy atom. The number of carbonyl (C=O) groups excluding carboxylic acids is 2. The van der Waals surface area contributed by atoms with Gasteiger partial charge in [-0.3, -0.25) is 9.59 Å². The third kappa shape index (κ3) is 6.99. The number of fused-ring (bicyclic) bond motifs is 1. The van der Waals surface area contributed by atoms with Crippen LogP contribution >= 0.6 is 0 Å². The summed E-state index contributed by atoms with van der Waals surface area (Å²) < 4.78 is 11.9. The molecule has 0 spiro atoms. The van der Waals surface area contributed by atoms with Crippen LogP contribution in [0.25, 0.3) is 22.6 Å². The molecule has 0 bridgehead atoms. The van der Waals surface area contributed by atoms with Crippen LogP contribution in [0.4, 0.5) is 11.4 Å². The SMILES string of the molecule is CCC(C)(C)Nc1cc(Oc2ccc(O)c(NC(=O)c3ccc(-c4nc5cc(C(=O)C(C)(C)CC)ccc5o4)cc3)c2)ccc1O. The van der Waals surface area contributed by atoms with Gasteiger partial charge in [0.25, 0.3) is 5.91 Å². The van der Waals surface area contributed by atoms with E-state index < -0.39 is 11.3 Å². The van der Waals surface area contributed by atoms with Crippen molar-refractivity contribution in [3.63, 3.8) is 0 Å². The summed E-state index contributed by atoms with van der Waals surface area (Å²) in [5.41, 5.74) is 2.75. The van der Waals surface area contributed by atoms with Crippen LogP contribution in [0.1, 0.15) is 75.1 Å². The largest absolute Gasteiger partial charge is 0.506 e. The lowest BCUT2D eigenvalue weighted by molar-refractivity contribution is 0.0833. The number of Topliss-reactive ketones (excluding diaryl/α,β-unsaturated/α-hetero) is 1. The Labute approximate surface area is 268 Å². The van der Waals surface area contributed by atoms with E-state index in [1.54, 1.807) is 66.7 Å². The van der Waals surface area contributed by atoms with Gasteiger partial charge in [-0.1, -0.05) is 27.7 Å². The lowest BCUT2D eigenvalue weighted by atomic mass is 9.82. The van der Waals surface area contributed by atoms with E-state index in [9.17, 15) is 19.8 Å². The molecule has 0 aliphatic carbocycles. The zero-order valence-corrected chi connectivity index (χ0v) is 26.9. The maximum Gasteiger partial charge on any atom is 0.255 e. The number of phenolic OH excluding ortho intramolecular Hbond substituents is 2. The molecule has 238 valence electrons. The van der Waals surface area contributed by atoms with Gasteiger partial charge in [0.1, 0.15) is 28.5 Å². The third-order valence-corrected chi connectivity index (χ3v) is 8.32. The third-order valence-electron chi connectivity index (χ3n) is 8.32. The van der Waals surface area contributed by atoms with Gasteiger partial charge in [-0.15, -0.1) is 0 Å². The molecule has 0 radical (unpaired) electrons. The number of ether oxygens (including phenoxy) is 1. The van der Waals surface area contributed by atoms with E-state index in [4.69, 9.17) is 9.15 Å². The number of aromatic hydroxyl groups is 2. The van der Waals surface area contributed by atoms with Crippen molar-refractivity contribution in [1.29, 1.82) is 0 Å². The van der Waals surface area contributed by atoms with E-state index in [1.807, 2.05) is 34.6 Å². The van der Waals surface area contributed by atoms with Crippen LogP contribution in [-0.4, -0.2) is 32.4 Å². The summed E-state index contributed by atoms with van der Waals surface area (Å²) in [6.45, 7) is 12.0. The van der Waals surface area contributed by atoms with Gasteiger partial charge in [0.05, 0.1) is 11.4 Å². The van der Waals surface area contributed by atoms with E-state index in [0.29, 0.717) is 50.9 Å². The second-order valence-corrected chi connectivity index (χ2v) is 12.6. The predicted molar refractivity (Wildman–Crippen MR) is 180 cm³/mol. The van der Waals surface area contributed by atoms with Crippen molar-refractivity contribution in [2.75, 3.05) is 10.6 Å². The lowest BCUT2D eigenvalue weighted by Gasteiger charge is -2.26. The average molecular weight is 622 g/mol. The standard InChI is InChI=1S/C37H39N3O6/c1-7-36(3,4)33(43)24-13-18-32-29(19-24)39-35(46-32)23-11-9-22(10-12-23)34(44)38-27-20-25(14-16-30(27)41)45-26-15-17-31(42)28(21-26)40-37(5,6)8-2/h9-21,40-42H,7-8H2,1-6H3,(H,38,44). The zero-order chi connectivity index (χ0) is 33.2. The van der Waals surface area contributed by atoms with Crippen molar-refractivity contribution in [1.82, 2.24) is 4.98 Å². The summed E-state index contributed by atoms with van der Waals surface area (Å²) in [6, 6.07) is 21.4. The molecule has 4 N–H and O–H groups in total. The Hall–Kier alpha value is -5.31. The maximum atomic E-state index is 13.1. The molecule has 0 unspecified atom stereocenters. The highest BCUT2D eigenvalue weighted by Crippen LogP contribution is 2.36. The van der Waals surface area contributed by atoms with Crippen molar-refractivity contribution >= 4 is 34.2 Å². The van der Waals surface area contributed by atoms with Crippen LogP contribution in [0.3, 0.4) is 0 Å². The Morgan fingerprint density at radius 1 is 0.783 bits per heavy atom. The number of rotatable bonds is 11. The van der Waals surface area contributed by atoms with E-state index in [-0.39, 0.29) is 28.5 Å². The first-order chi connectivity index (χ1) is 21.8. The van der Waals surface area contributed by atoms with Gasteiger partial charge < -0.3 is 30.0 Å². The molecule has 1 heterocycles. The summed E-state index contributed by atoms with van der Waals surface area (Å²) in [5.74, 6) is 0.823. The maximum absolute atomic E-state index is 13.1. The second-order valence-electron chi connectivity index (χ2n) is 12.6. The lowest BCUT2D eigenvalue weighted by Crippen LogP contribution is -2.29. The molecule has 0 atom stereocenters. The summed E-state index contributed by atoms with van der Waals surface area (Å²) in [6.07, 6.45) is 1.57. The normalized spacial score (nSPS) is 11.8. The number of phenols is 2. The van der Waals surface area contributed by atoms with Crippen molar-refractivity contribution in [3.05, 3.63) is 90.0 Å². The fourth-order valence-corrected chi connectivity index (χ4v) is 4.65. The minimum atomic E-state index is -0.470. The molecular formula is C37H39N3O6. The molecule has 9 nitrogen and oxygen atoms in total. The molecule has 1 aromatic heterocycles. The smallest absolute Gasteiger partial charge is 0.255 e. The van der Waals surface area contributed by atoms with Crippen LogP contribution in [0.5, 0.6) is 23.0 Å². The fraction of sp³-hybridized carbons (Fsp3) is 0.270. The summed E-state index contributed by atoms with van der Waals surface area (Å²) in [5, 5.41) is 26.8. The topological polar surface area (TPSA) is 134 Å². The van der Waals surface area contributed by atoms with E-state index >= 15 is 0 Å². The minimum Gasteiger partial charge on any atom is -0.506 e. The Bertz CT molecular complexity index is 1910. The monoisotopic (exact) mass is 621 g/mol. The Balaban J connectivity index is 1.29. The molecule has 9 heteroatoms. The van der Waals surface area contributed by atoms with Crippen molar-refractivity contribution in [2.45, 2.75) is 59.9 Å². The van der Waals surface area contributed by atoms with Crippen LogP contribution in [0.15, 0.2) is 83.3 Å². The Kier molecular flexibility index (Phi) is 8.79. The summed E-state index contributed by atoms with van der Waals surface area (Å²) in [7, 11) is 0. The van der Waals surface area contributed by atoms with Crippen LogP contribution < -0.4 is 15.4 Å². The van der Waals surface area contributed by atoms with E-state index in [0.717, 1.165) is 12.8 Å². The number of hydrogen-bond acceptors (Lipinski definition) is 8. The second kappa shape index (κ2) is 12.6. The number of anilines is 2. The molecule has 0 aliphatic rings. The number of benzene rings is 4. The van der Waals surface area contributed by atoms with E-state index in [2.05, 4.69) is 22.5 Å². The average Bonchev–Trinajstić information content (AvgIpc) is 3.47. The quantitative estimate of drug-likeness (QED) is 0.0847. The first kappa shape index (κ1) is 32.1. The number of hydrogen-bond donors (Lipinski definition) is 4. The molecule has 46 heavy (non-hydrogen) atoms. The predicted octanol–water partition coefficient (Wildman–Crippen LogP) is 9.17. The first-order valence-corrected chi connectivity index (χ1v) is 15.3. The number of aromatic nitrogens is 1. The number of ketones is 1. The number of nitrogens with zero attached hydrogens (tertiary/aromatic N) is 1. The number of oxazole rings is 1. The van der Waals surface area contributed by atoms with Crippen LogP contribution in [-0.2, 0) is 0 Å². The van der Waals surface area contributed by atoms with Gasteiger partial charge in [-0.05, 0) is 93.4 Å². The number of nitrogens with one attached hydrogen (secondary N) is 2. The summed E-state index contributed by atoms with van der Waals surface area (Å²) in [4.78, 5) is 30.6. The molecule has 0 saturated carbocycles. The zero-order valence-electron chi connectivity index (χ0n) is 26.9. The molecule has 0 saturated heterocycles. The molecule has 0 aliphatic heterocycles. The van der Waals surface area contributed by atoms with Crippen molar-refractivity contribution < 1.29 is 29.0 Å². The van der Waals surface area contributed by atoms with Crippen molar-refractivity contribution in [2.24, 2.45) is 5.41 Å². The van der Waals surface area contributed by atoms with Gasteiger partial charge in [0, 0.05) is 39.8 Å². The van der Waals surface area contributed by atoms with Gasteiger partial charge in [-0.25, -0.2) is 4.98 Å². The van der Waals surface area contributed by atoms with Crippen molar-refractivity contribution in [3.8, 4) is 34.5 Å². The van der Waals surface area contributed by atoms with Gasteiger partial charge in [0.2, 0.25) is 5.89 Å². The van der Waals surface area contributed by atoms with Crippen LogP contribution in [0.2, 0.25) is 0 Å². The molecule has 4 aromatic carbocycles. The summed E-state index contributed by atoms with van der Waals surface area (Å²) >= 11 is 0. The van der Waals surface area contributed by atoms with Gasteiger partial charge in [0.15, 0.2) is 11.4 Å². The highest BCUT2D eigenvalue weighted by atomic mass is 16.5. The van der Waals surface area contributed by atoms with Gasteiger partial charge >= 0.3 is 0 Å². The Morgan fingerprint density at radius 2 is 1.39 bits per heavy atom. The number of amides is 1.